The second-order valence-corrected chi connectivity index (χ2v) is 11.5. The van der Waals surface area contributed by atoms with Gasteiger partial charge in [-0.05, 0) is 24.3 Å². The Labute approximate surface area is 264 Å². The maximum absolute atomic E-state index is 8.59. The van der Waals surface area contributed by atoms with Crippen molar-refractivity contribution in [3.63, 3.8) is 0 Å². The van der Waals surface area contributed by atoms with Crippen LogP contribution in [0, 0.1) is 0 Å². The second-order valence-electron chi connectivity index (χ2n) is 10.4. The lowest BCUT2D eigenvalue weighted by Gasteiger charge is -2.08. The molecular weight excluding hydrogens is 559 g/mol. The number of hydrogen-bond acceptors (Lipinski definition) is 5. The van der Waals surface area contributed by atoms with Crippen molar-refractivity contribution in [2.24, 2.45) is 0 Å². The molecule has 4 nitrogen and oxygen atoms in total. The third-order valence-corrected chi connectivity index (χ3v) is 9.06. The highest BCUT2D eigenvalue weighted by Gasteiger charge is 2.18. The fourth-order valence-corrected chi connectivity index (χ4v) is 7.03. The second kappa shape index (κ2) is 9.97. The van der Waals surface area contributed by atoms with Gasteiger partial charge in [0.2, 0.25) is 0 Å². The van der Waals surface area contributed by atoms with E-state index in [1.807, 2.05) is 60.7 Å². The highest BCUT2D eigenvalue weighted by atomic mass is 32.1. The molecule has 0 N–H and O–H groups in total. The Kier molecular flexibility index (Phi) is 4.60. The third kappa shape index (κ3) is 4.02. The lowest BCUT2D eigenvalue weighted by Crippen LogP contribution is -2.00. The van der Waals surface area contributed by atoms with E-state index >= 15 is 0 Å². The van der Waals surface area contributed by atoms with Gasteiger partial charge in [0.1, 0.15) is 11.2 Å². The maximum atomic E-state index is 8.59. The monoisotopic (exact) mass is 586 g/mol. The first kappa shape index (κ1) is 20.3. The SMILES string of the molecule is [2H]c1c([2H])c([2H])c(-c2nc(-c3ccccc3)nc(-c3ccc4oc5c(-c6cccc7c6sc6ccccc67)cccc5c4c3)n2)c([2H])c1[2H]. The van der Waals surface area contributed by atoms with E-state index in [-0.39, 0.29) is 23.5 Å². The molecule has 0 unspecified atom stereocenters. The Bertz CT molecular complexity index is 2770. The lowest BCUT2D eigenvalue weighted by molar-refractivity contribution is 0.670. The molecule has 0 fully saturated rings. The third-order valence-electron chi connectivity index (χ3n) is 7.84. The minimum Gasteiger partial charge on any atom is -0.455 e. The van der Waals surface area contributed by atoms with Crippen molar-refractivity contribution in [3.05, 3.63) is 139 Å². The predicted molar refractivity (Wildman–Crippen MR) is 182 cm³/mol. The van der Waals surface area contributed by atoms with Crippen LogP contribution in [0.5, 0.6) is 0 Å². The molecule has 0 saturated heterocycles. The van der Waals surface area contributed by atoms with Gasteiger partial charge in [-0.1, -0.05) is 115 Å². The molecule has 0 aliphatic heterocycles. The number of nitrogens with zero attached hydrogens (tertiary/aromatic N) is 3. The Hall–Kier alpha value is -5.65. The van der Waals surface area contributed by atoms with E-state index in [1.54, 1.807) is 11.3 Å². The molecule has 0 radical (unpaired) electrons. The number of thiophene rings is 1. The van der Waals surface area contributed by atoms with Gasteiger partial charge in [-0.3, -0.25) is 0 Å². The summed E-state index contributed by atoms with van der Waals surface area (Å²) in [5.41, 5.74) is 4.88. The molecule has 9 rings (SSSR count). The number of benzene rings is 6. The van der Waals surface area contributed by atoms with Gasteiger partial charge in [-0.15, -0.1) is 11.3 Å². The Balaban J connectivity index is 1.25. The average Bonchev–Trinajstić information content (AvgIpc) is 3.72. The van der Waals surface area contributed by atoms with Crippen LogP contribution >= 0.6 is 11.3 Å². The smallest absolute Gasteiger partial charge is 0.164 e. The van der Waals surface area contributed by atoms with Crippen LogP contribution in [0.25, 0.3) is 87.4 Å². The molecule has 5 heteroatoms. The molecule has 0 spiro atoms. The summed E-state index contributed by atoms with van der Waals surface area (Å²) in [6, 6.07) is 34.0. The van der Waals surface area contributed by atoms with Crippen molar-refractivity contribution in [1.29, 1.82) is 0 Å². The van der Waals surface area contributed by atoms with E-state index in [9.17, 15) is 0 Å². The molecular formula is C39H23N3OS. The van der Waals surface area contributed by atoms with Gasteiger partial charge >= 0.3 is 0 Å². The van der Waals surface area contributed by atoms with Crippen LogP contribution in [0.2, 0.25) is 0 Å². The van der Waals surface area contributed by atoms with Crippen LogP contribution in [-0.4, -0.2) is 15.0 Å². The minimum atomic E-state index is -0.475. The minimum absolute atomic E-state index is 0.00304. The normalized spacial score (nSPS) is 13.2. The molecule has 0 aliphatic rings. The van der Waals surface area contributed by atoms with E-state index < -0.39 is 18.1 Å². The molecule has 0 bridgehead atoms. The van der Waals surface area contributed by atoms with Crippen LogP contribution in [0.1, 0.15) is 6.85 Å². The van der Waals surface area contributed by atoms with Crippen molar-refractivity contribution in [1.82, 2.24) is 15.0 Å². The van der Waals surface area contributed by atoms with Crippen LogP contribution in [-0.2, 0) is 0 Å². The number of furan rings is 1. The van der Waals surface area contributed by atoms with Crippen molar-refractivity contribution in [2.45, 2.75) is 0 Å². The fourth-order valence-electron chi connectivity index (χ4n) is 5.80. The van der Waals surface area contributed by atoms with Gasteiger partial charge in [-0.25, -0.2) is 15.0 Å². The van der Waals surface area contributed by atoms with Crippen molar-refractivity contribution < 1.29 is 11.3 Å². The summed E-state index contributed by atoms with van der Waals surface area (Å²) in [5.74, 6) is 0.623. The Morgan fingerprint density at radius 2 is 1.20 bits per heavy atom. The number of para-hydroxylation sites is 1. The summed E-state index contributed by atoms with van der Waals surface area (Å²) in [6.45, 7) is 0. The van der Waals surface area contributed by atoms with Crippen LogP contribution in [0.4, 0.5) is 0 Å². The highest BCUT2D eigenvalue weighted by Crippen LogP contribution is 2.43. The molecule has 6 aromatic carbocycles. The van der Waals surface area contributed by atoms with E-state index in [1.165, 1.54) is 20.2 Å². The summed E-state index contributed by atoms with van der Waals surface area (Å²) in [5, 5.41) is 4.27. The largest absolute Gasteiger partial charge is 0.455 e. The summed E-state index contributed by atoms with van der Waals surface area (Å²) < 4.78 is 50.7. The van der Waals surface area contributed by atoms with Crippen LogP contribution < -0.4 is 0 Å². The van der Waals surface area contributed by atoms with Gasteiger partial charge in [0.25, 0.3) is 0 Å². The molecule has 0 amide bonds. The van der Waals surface area contributed by atoms with E-state index in [2.05, 4.69) is 53.5 Å². The average molecular weight is 587 g/mol. The standard InChI is InChI=1S/C39H23N3OS/c1-3-11-24(12-4-1)37-40-38(25-13-5-2-6-14-25)42-39(41-37)26-21-22-33-32(23-26)29-17-9-16-28(35(29)43-33)31-19-10-18-30-27-15-7-8-20-34(27)44-36(30)31/h1-23H/i1D,3D,4D,11D,12D. The zero-order valence-electron chi connectivity index (χ0n) is 28.1. The van der Waals surface area contributed by atoms with Crippen molar-refractivity contribution in [2.75, 3.05) is 0 Å². The van der Waals surface area contributed by atoms with E-state index in [0.717, 1.165) is 27.5 Å². The molecule has 44 heavy (non-hydrogen) atoms. The van der Waals surface area contributed by atoms with Crippen LogP contribution in [0.3, 0.4) is 0 Å². The summed E-state index contributed by atoms with van der Waals surface area (Å²) >= 11 is 1.78. The van der Waals surface area contributed by atoms with Crippen LogP contribution in [0.15, 0.2) is 144 Å². The number of rotatable bonds is 4. The maximum Gasteiger partial charge on any atom is 0.164 e. The predicted octanol–water partition coefficient (Wildman–Crippen LogP) is 10.8. The van der Waals surface area contributed by atoms with E-state index in [0.29, 0.717) is 28.4 Å². The van der Waals surface area contributed by atoms with Gasteiger partial charge in [0.15, 0.2) is 17.5 Å². The summed E-state index contributed by atoms with van der Waals surface area (Å²) in [4.78, 5) is 14.1. The molecule has 9 aromatic rings. The molecule has 0 atom stereocenters. The molecule has 3 aromatic heterocycles. The Morgan fingerprint density at radius 1 is 0.523 bits per heavy atom. The zero-order valence-corrected chi connectivity index (χ0v) is 23.9. The molecule has 0 saturated carbocycles. The quantitative estimate of drug-likeness (QED) is 0.206. The number of aromatic nitrogens is 3. The van der Waals surface area contributed by atoms with Crippen molar-refractivity contribution in [3.8, 4) is 45.3 Å². The first-order valence-corrected chi connectivity index (χ1v) is 14.9. The van der Waals surface area contributed by atoms with Gasteiger partial charge < -0.3 is 4.42 Å². The number of fused-ring (bicyclic) bond motifs is 6. The van der Waals surface area contributed by atoms with Gasteiger partial charge in [0, 0.05) is 58.8 Å². The first-order chi connectivity index (χ1) is 23.9. The molecule has 3 heterocycles. The number of hydrogen-bond donors (Lipinski definition) is 0. The van der Waals surface area contributed by atoms with Gasteiger partial charge in [0.05, 0.1) is 6.85 Å². The highest BCUT2D eigenvalue weighted by molar-refractivity contribution is 7.26. The summed E-state index contributed by atoms with van der Waals surface area (Å²) in [7, 11) is 0. The lowest BCUT2D eigenvalue weighted by atomic mass is 10.00. The summed E-state index contributed by atoms with van der Waals surface area (Å²) in [6.07, 6.45) is 0. The zero-order chi connectivity index (χ0) is 33.4. The first-order valence-electron chi connectivity index (χ1n) is 16.6. The fraction of sp³-hybridized carbons (Fsp3) is 0. The van der Waals surface area contributed by atoms with Crippen molar-refractivity contribution >= 4 is 53.4 Å². The van der Waals surface area contributed by atoms with Gasteiger partial charge in [-0.2, -0.15) is 0 Å². The van der Waals surface area contributed by atoms with E-state index in [4.69, 9.17) is 21.2 Å². The molecule has 206 valence electrons. The molecule has 0 aliphatic carbocycles. The Morgan fingerprint density at radius 3 is 2.05 bits per heavy atom. The topological polar surface area (TPSA) is 51.8 Å².